The molecule has 3 N–H and O–H groups in total. The van der Waals surface area contributed by atoms with Crippen molar-refractivity contribution < 1.29 is 4.79 Å². The highest BCUT2D eigenvalue weighted by Crippen LogP contribution is 2.26. The van der Waals surface area contributed by atoms with Gasteiger partial charge >= 0.3 is 0 Å². The quantitative estimate of drug-likeness (QED) is 0.507. The Hall–Kier alpha value is -1.16. The lowest BCUT2D eigenvalue weighted by Gasteiger charge is -2.16. The summed E-state index contributed by atoms with van der Waals surface area (Å²) in [5.74, 6) is 0.615. The highest BCUT2D eigenvalue weighted by molar-refractivity contribution is 8.00. The van der Waals surface area contributed by atoms with Crippen LogP contribution in [0.1, 0.15) is 44.1 Å². The summed E-state index contributed by atoms with van der Waals surface area (Å²) in [6.45, 7) is 2.00. The standard InChI is InChI=1S/C16H24N2OS/c1-12-14(17)9-6-10-15(12)20-11-16(19)18-13-7-4-2-3-5-8-13/h6,9-10,13H,2-5,7-8,11,17H2,1H3,(H,18,19). The van der Waals surface area contributed by atoms with E-state index in [4.69, 9.17) is 5.73 Å². The van der Waals surface area contributed by atoms with Crippen LogP contribution in [-0.4, -0.2) is 17.7 Å². The van der Waals surface area contributed by atoms with E-state index in [1.165, 1.54) is 25.7 Å². The number of thioether (sulfide) groups is 1. The predicted molar refractivity (Wildman–Crippen MR) is 85.9 cm³/mol. The Kier molecular flexibility index (Phi) is 5.77. The van der Waals surface area contributed by atoms with Crippen LogP contribution in [0.4, 0.5) is 5.69 Å². The maximum absolute atomic E-state index is 12.0. The molecule has 1 fully saturated rings. The molecule has 3 nitrogen and oxygen atoms in total. The van der Waals surface area contributed by atoms with Gasteiger partial charge in [0.2, 0.25) is 5.91 Å². The van der Waals surface area contributed by atoms with Crippen molar-refractivity contribution in [2.45, 2.75) is 56.4 Å². The molecule has 1 aromatic carbocycles. The molecule has 0 saturated heterocycles. The Balaban J connectivity index is 1.81. The van der Waals surface area contributed by atoms with Crippen molar-refractivity contribution in [3.05, 3.63) is 23.8 Å². The summed E-state index contributed by atoms with van der Waals surface area (Å²) in [5, 5.41) is 3.17. The molecule has 1 aromatic rings. The van der Waals surface area contributed by atoms with E-state index in [2.05, 4.69) is 5.32 Å². The number of hydrogen-bond donors (Lipinski definition) is 2. The van der Waals surface area contributed by atoms with Crippen LogP contribution in [0.2, 0.25) is 0 Å². The molecule has 0 radical (unpaired) electrons. The number of amides is 1. The third kappa shape index (κ3) is 4.44. The Labute approximate surface area is 125 Å². The molecule has 0 bridgehead atoms. The molecule has 0 aromatic heterocycles. The fourth-order valence-corrected chi connectivity index (χ4v) is 3.50. The van der Waals surface area contributed by atoms with Crippen molar-refractivity contribution in [3.63, 3.8) is 0 Å². The lowest BCUT2D eigenvalue weighted by atomic mass is 10.1. The predicted octanol–water partition coefficient (Wildman–Crippen LogP) is 3.51. The minimum Gasteiger partial charge on any atom is -0.398 e. The van der Waals surface area contributed by atoms with Gasteiger partial charge < -0.3 is 11.1 Å². The molecular weight excluding hydrogens is 268 g/mol. The van der Waals surface area contributed by atoms with Crippen LogP contribution in [0.25, 0.3) is 0 Å². The Bertz CT molecular complexity index is 454. The fraction of sp³-hybridized carbons (Fsp3) is 0.562. The largest absolute Gasteiger partial charge is 0.398 e. The topological polar surface area (TPSA) is 55.1 Å². The van der Waals surface area contributed by atoms with Crippen molar-refractivity contribution in [1.29, 1.82) is 0 Å². The van der Waals surface area contributed by atoms with Gasteiger partial charge in [-0.3, -0.25) is 4.79 Å². The minimum atomic E-state index is 0.142. The number of hydrogen-bond acceptors (Lipinski definition) is 3. The zero-order chi connectivity index (χ0) is 14.4. The van der Waals surface area contributed by atoms with Crippen molar-refractivity contribution in [1.82, 2.24) is 5.32 Å². The minimum absolute atomic E-state index is 0.142. The highest BCUT2D eigenvalue weighted by Gasteiger charge is 2.15. The van der Waals surface area contributed by atoms with E-state index in [0.29, 0.717) is 11.8 Å². The second-order valence-electron chi connectivity index (χ2n) is 5.52. The van der Waals surface area contributed by atoms with E-state index in [0.717, 1.165) is 29.0 Å². The van der Waals surface area contributed by atoms with Gasteiger partial charge in [-0.05, 0) is 37.5 Å². The SMILES string of the molecule is Cc1c(N)cccc1SCC(=O)NC1CCCCCC1. The zero-order valence-corrected chi connectivity index (χ0v) is 13.0. The first-order chi connectivity index (χ1) is 9.66. The first-order valence-corrected chi connectivity index (χ1v) is 8.42. The molecular formula is C16H24N2OS. The van der Waals surface area contributed by atoms with Crippen LogP contribution in [0, 0.1) is 6.92 Å². The third-order valence-electron chi connectivity index (χ3n) is 3.91. The first kappa shape index (κ1) is 15.2. The van der Waals surface area contributed by atoms with E-state index in [1.54, 1.807) is 11.8 Å². The molecule has 4 heteroatoms. The number of carbonyl (C=O) groups is 1. The number of rotatable bonds is 4. The third-order valence-corrected chi connectivity index (χ3v) is 5.06. The second-order valence-corrected chi connectivity index (χ2v) is 6.53. The molecule has 0 aliphatic heterocycles. The van der Waals surface area contributed by atoms with Gasteiger partial charge in [-0.1, -0.05) is 31.7 Å². The maximum Gasteiger partial charge on any atom is 0.230 e. The van der Waals surface area contributed by atoms with Gasteiger partial charge in [0, 0.05) is 16.6 Å². The zero-order valence-electron chi connectivity index (χ0n) is 12.2. The molecule has 0 unspecified atom stereocenters. The van der Waals surface area contributed by atoms with Gasteiger partial charge in [0.15, 0.2) is 0 Å². The molecule has 2 rings (SSSR count). The molecule has 1 amide bonds. The van der Waals surface area contributed by atoms with Crippen LogP contribution in [-0.2, 0) is 4.79 Å². The highest BCUT2D eigenvalue weighted by atomic mass is 32.2. The van der Waals surface area contributed by atoms with E-state index >= 15 is 0 Å². The van der Waals surface area contributed by atoms with Crippen LogP contribution >= 0.6 is 11.8 Å². The number of benzene rings is 1. The smallest absolute Gasteiger partial charge is 0.230 e. The first-order valence-electron chi connectivity index (χ1n) is 7.44. The lowest BCUT2D eigenvalue weighted by Crippen LogP contribution is -2.35. The maximum atomic E-state index is 12.0. The summed E-state index contributed by atoms with van der Waals surface area (Å²) in [6.07, 6.45) is 7.37. The Morgan fingerprint density at radius 1 is 1.30 bits per heavy atom. The van der Waals surface area contributed by atoms with Crippen molar-refractivity contribution in [2.24, 2.45) is 0 Å². The van der Waals surface area contributed by atoms with Gasteiger partial charge in [-0.15, -0.1) is 11.8 Å². The molecule has 0 spiro atoms. The summed E-state index contributed by atoms with van der Waals surface area (Å²) in [5.41, 5.74) is 7.74. The van der Waals surface area contributed by atoms with Crippen LogP contribution in [0.3, 0.4) is 0 Å². The average molecular weight is 292 g/mol. The van der Waals surface area contributed by atoms with Gasteiger partial charge in [-0.2, -0.15) is 0 Å². The summed E-state index contributed by atoms with van der Waals surface area (Å²) < 4.78 is 0. The van der Waals surface area contributed by atoms with Crippen molar-refractivity contribution in [3.8, 4) is 0 Å². The Morgan fingerprint density at radius 3 is 2.70 bits per heavy atom. The number of anilines is 1. The van der Waals surface area contributed by atoms with Crippen LogP contribution in [0.5, 0.6) is 0 Å². The van der Waals surface area contributed by atoms with Gasteiger partial charge in [0.05, 0.1) is 5.75 Å². The second kappa shape index (κ2) is 7.58. The van der Waals surface area contributed by atoms with Gasteiger partial charge in [0.1, 0.15) is 0 Å². The summed E-state index contributed by atoms with van der Waals surface area (Å²) >= 11 is 1.57. The average Bonchev–Trinajstić information content (AvgIpc) is 2.69. The lowest BCUT2D eigenvalue weighted by molar-refractivity contribution is -0.119. The van der Waals surface area contributed by atoms with Crippen LogP contribution < -0.4 is 11.1 Å². The molecule has 1 saturated carbocycles. The number of nitrogens with one attached hydrogen (secondary N) is 1. The summed E-state index contributed by atoms with van der Waals surface area (Å²) in [4.78, 5) is 13.1. The molecule has 20 heavy (non-hydrogen) atoms. The number of nitrogens with two attached hydrogens (primary N) is 1. The summed E-state index contributed by atoms with van der Waals surface area (Å²) in [7, 11) is 0. The van der Waals surface area contributed by atoms with Crippen LogP contribution in [0.15, 0.2) is 23.1 Å². The Morgan fingerprint density at radius 2 is 2.00 bits per heavy atom. The monoisotopic (exact) mass is 292 g/mol. The van der Waals surface area contributed by atoms with E-state index in [-0.39, 0.29) is 5.91 Å². The molecule has 0 heterocycles. The van der Waals surface area contributed by atoms with E-state index in [1.807, 2.05) is 25.1 Å². The fourth-order valence-electron chi connectivity index (χ4n) is 2.62. The molecule has 1 aliphatic rings. The van der Waals surface area contributed by atoms with Crippen molar-refractivity contribution >= 4 is 23.4 Å². The molecule has 110 valence electrons. The van der Waals surface area contributed by atoms with Gasteiger partial charge in [0.25, 0.3) is 0 Å². The number of nitrogen functional groups attached to an aromatic ring is 1. The normalized spacial score (nSPS) is 16.6. The number of carbonyl (C=O) groups excluding carboxylic acids is 1. The van der Waals surface area contributed by atoms with Crippen molar-refractivity contribution in [2.75, 3.05) is 11.5 Å². The van der Waals surface area contributed by atoms with E-state index < -0.39 is 0 Å². The molecule has 0 atom stereocenters. The van der Waals surface area contributed by atoms with E-state index in [9.17, 15) is 4.79 Å². The van der Waals surface area contributed by atoms with Gasteiger partial charge in [-0.25, -0.2) is 0 Å². The summed E-state index contributed by atoms with van der Waals surface area (Å²) in [6, 6.07) is 6.24. The molecule has 1 aliphatic carbocycles.